The van der Waals surface area contributed by atoms with E-state index in [0.29, 0.717) is 31.0 Å². The molecule has 8 nitrogen and oxygen atoms in total. The van der Waals surface area contributed by atoms with Gasteiger partial charge in [-0.05, 0) is 36.0 Å². The Morgan fingerprint density at radius 1 is 1.14 bits per heavy atom. The van der Waals surface area contributed by atoms with Gasteiger partial charge in [-0.3, -0.25) is 5.10 Å². The first-order chi connectivity index (χ1) is 17.2. The van der Waals surface area contributed by atoms with Crippen molar-refractivity contribution < 1.29 is 22.7 Å². The number of hydrogen-bond donors (Lipinski definition) is 3. The molecule has 0 amide bonds. The first-order valence-corrected chi connectivity index (χ1v) is 11.4. The third kappa shape index (κ3) is 3.31. The summed E-state index contributed by atoms with van der Waals surface area (Å²) >= 11 is 0. The lowest BCUT2D eigenvalue weighted by molar-refractivity contribution is -0.140. The maximum Gasteiger partial charge on any atom is 0.434 e. The molecule has 1 aliphatic heterocycles. The van der Waals surface area contributed by atoms with Crippen LogP contribution in [0.4, 0.5) is 23.4 Å². The average Bonchev–Trinajstić information content (AvgIpc) is 3.32. The second-order valence-electron chi connectivity index (χ2n) is 9.23. The van der Waals surface area contributed by atoms with Crippen molar-refractivity contribution in [1.82, 2.24) is 25.1 Å². The standard InChI is InChI=1S/C24H21F4N7O/c25-16-4-2-1-3-14(16)23(11-29)13-7-8-35(10-15(13)23)17-9-30-20-19(33-34-22(20)31-17)12-5-6-18(36)32-21(12)24(26,27)28/h1-6,9,13,15H,7-8,10-11,29H2,(H,32,36)(H,31,33,34)/t13-,15+,23-/m1/s1. The number of rotatable bonds is 4. The molecule has 0 unspecified atom stereocenters. The SMILES string of the molecule is NC[C@]1(c2ccccc2F)[C@@H]2CCN(c3cnc4c(-c5ccc(O)nc5C(F)(F)F)n[nH]c4n3)C[C@@H]21. The normalized spacial score (nSPS) is 23.6. The monoisotopic (exact) mass is 499 g/mol. The van der Waals surface area contributed by atoms with Gasteiger partial charge in [0.15, 0.2) is 11.3 Å². The van der Waals surface area contributed by atoms with Gasteiger partial charge in [0.25, 0.3) is 0 Å². The molecular formula is C24H21F4N7O. The van der Waals surface area contributed by atoms with E-state index in [0.717, 1.165) is 18.6 Å². The molecule has 1 saturated carbocycles. The minimum atomic E-state index is -4.80. The predicted octanol–water partition coefficient (Wildman–Crippen LogP) is 3.63. The van der Waals surface area contributed by atoms with Gasteiger partial charge < -0.3 is 15.7 Å². The summed E-state index contributed by atoms with van der Waals surface area (Å²) in [4.78, 5) is 14.2. The number of aromatic hydroxyl groups is 1. The molecule has 0 spiro atoms. The highest BCUT2D eigenvalue weighted by Crippen LogP contribution is 2.63. The average molecular weight is 499 g/mol. The zero-order chi connectivity index (χ0) is 25.2. The summed E-state index contributed by atoms with van der Waals surface area (Å²) in [6, 6.07) is 8.90. The molecule has 1 aliphatic carbocycles. The summed E-state index contributed by atoms with van der Waals surface area (Å²) in [7, 11) is 0. The van der Waals surface area contributed by atoms with Crippen LogP contribution in [-0.4, -0.2) is 49.9 Å². The first-order valence-electron chi connectivity index (χ1n) is 11.4. The molecule has 0 bridgehead atoms. The fourth-order valence-corrected chi connectivity index (χ4v) is 5.83. The number of nitrogens with one attached hydrogen (secondary N) is 1. The molecule has 3 aromatic heterocycles. The van der Waals surface area contributed by atoms with E-state index < -0.39 is 23.2 Å². The predicted molar refractivity (Wildman–Crippen MR) is 123 cm³/mol. The van der Waals surface area contributed by atoms with Gasteiger partial charge in [-0.2, -0.15) is 18.3 Å². The van der Waals surface area contributed by atoms with Crippen molar-refractivity contribution >= 4 is 17.0 Å². The third-order valence-electron chi connectivity index (χ3n) is 7.53. The number of nitrogens with two attached hydrogens (primary N) is 1. The second-order valence-corrected chi connectivity index (χ2v) is 9.23. The highest BCUT2D eigenvalue weighted by Gasteiger charge is 2.66. The summed E-state index contributed by atoms with van der Waals surface area (Å²) in [5.41, 5.74) is 5.14. The van der Waals surface area contributed by atoms with Gasteiger partial charge >= 0.3 is 6.18 Å². The van der Waals surface area contributed by atoms with Crippen LogP contribution >= 0.6 is 0 Å². The van der Waals surface area contributed by atoms with E-state index in [4.69, 9.17) is 5.73 Å². The molecule has 4 N–H and O–H groups in total. The molecule has 2 aliphatic rings. The Hall–Kier alpha value is -3.80. The minimum absolute atomic E-state index is 0.0634. The quantitative estimate of drug-likeness (QED) is 0.367. The molecule has 6 rings (SSSR count). The van der Waals surface area contributed by atoms with Gasteiger partial charge in [0, 0.05) is 36.7 Å². The number of H-pyrrole nitrogens is 1. The van der Waals surface area contributed by atoms with Crippen molar-refractivity contribution in [2.45, 2.75) is 18.0 Å². The van der Waals surface area contributed by atoms with E-state index in [1.165, 1.54) is 12.3 Å². The third-order valence-corrected chi connectivity index (χ3v) is 7.53. The summed E-state index contributed by atoms with van der Waals surface area (Å²) < 4.78 is 55.2. The van der Waals surface area contributed by atoms with Crippen molar-refractivity contribution in [2.75, 3.05) is 24.5 Å². The minimum Gasteiger partial charge on any atom is -0.493 e. The van der Waals surface area contributed by atoms with E-state index in [-0.39, 0.29) is 40.1 Å². The van der Waals surface area contributed by atoms with Gasteiger partial charge in [0.2, 0.25) is 5.88 Å². The zero-order valence-electron chi connectivity index (χ0n) is 18.8. The molecule has 1 aromatic carbocycles. The van der Waals surface area contributed by atoms with E-state index >= 15 is 0 Å². The van der Waals surface area contributed by atoms with E-state index in [1.54, 1.807) is 12.1 Å². The molecule has 4 aromatic rings. The zero-order valence-corrected chi connectivity index (χ0v) is 18.8. The van der Waals surface area contributed by atoms with Gasteiger partial charge in [-0.1, -0.05) is 18.2 Å². The number of aromatic nitrogens is 5. The number of benzene rings is 1. The Balaban J connectivity index is 1.31. The Labute approximate surface area is 202 Å². The number of anilines is 1. The second kappa shape index (κ2) is 7.85. The van der Waals surface area contributed by atoms with Crippen LogP contribution in [0.1, 0.15) is 17.7 Å². The molecule has 1 saturated heterocycles. The molecular weight excluding hydrogens is 478 g/mol. The number of fused-ring (bicyclic) bond motifs is 2. The van der Waals surface area contributed by atoms with Gasteiger partial charge in [0.05, 0.1) is 6.20 Å². The molecule has 4 heterocycles. The number of pyridine rings is 1. The Kier molecular flexibility index (Phi) is 4.94. The number of halogens is 4. The van der Waals surface area contributed by atoms with E-state index in [2.05, 4.69) is 25.1 Å². The topological polar surface area (TPSA) is 117 Å². The van der Waals surface area contributed by atoms with Crippen molar-refractivity contribution in [3.05, 3.63) is 59.7 Å². The fourth-order valence-electron chi connectivity index (χ4n) is 5.83. The molecule has 186 valence electrons. The number of nitrogens with zero attached hydrogens (tertiary/aromatic N) is 5. The van der Waals surface area contributed by atoms with E-state index in [9.17, 15) is 22.7 Å². The van der Waals surface area contributed by atoms with Crippen molar-refractivity contribution in [1.29, 1.82) is 0 Å². The van der Waals surface area contributed by atoms with Crippen LogP contribution in [0.15, 0.2) is 42.6 Å². The van der Waals surface area contributed by atoms with Gasteiger partial charge in [-0.25, -0.2) is 19.3 Å². The molecule has 0 radical (unpaired) electrons. The highest BCUT2D eigenvalue weighted by atomic mass is 19.4. The summed E-state index contributed by atoms with van der Waals surface area (Å²) in [5, 5.41) is 16.1. The fraction of sp³-hybridized carbons (Fsp3) is 0.333. The number of hydrogen-bond acceptors (Lipinski definition) is 7. The Morgan fingerprint density at radius 2 is 1.94 bits per heavy atom. The first kappa shape index (κ1) is 22.7. The van der Waals surface area contributed by atoms with Crippen molar-refractivity contribution in [3.8, 4) is 17.1 Å². The van der Waals surface area contributed by atoms with Crippen LogP contribution < -0.4 is 10.6 Å². The lowest BCUT2D eigenvalue weighted by atomic mass is 9.91. The summed E-state index contributed by atoms with van der Waals surface area (Å²) in [5.74, 6) is -0.0274. The molecule has 36 heavy (non-hydrogen) atoms. The van der Waals surface area contributed by atoms with Crippen LogP contribution in [0.3, 0.4) is 0 Å². The molecule has 3 atom stereocenters. The Morgan fingerprint density at radius 3 is 2.69 bits per heavy atom. The molecule has 12 heteroatoms. The molecule has 2 fully saturated rings. The summed E-state index contributed by atoms with van der Waals surface area (Å²) in [6.07, 6.45) is -2.49. The lowest BCUT2D eigenvalue weighted by Crippen LogP contribution is -2.32. The number of piperidine rings is 1. The maximum atomic E-state index is 14.6. The van der Waals surface area contributed by atoms with Crippen LogP contribution in [0, 0.1) is 17.7 Å². The van der Waals surface area contributed by atoms with Crippen LogP contribution in [0.2, 0.25) is 0 Å². The maximum absolute atomic E-state index is 14.6. The van der Waals surface area contributed by atoms with Gasteiger partial charge in [0.1, 0.15) is 22.8 Å². The smallest absolute Gasteiger partial charge is 0.434 e. The number of alkyl halides is 3. The van der Waals surface area contributed by atoms with E-state index in [1.807, 2.05) is 11.0 Å². The largest absolute Gasteiger partial charge is 0.493 e. The summed E-state index contributed by atoms with van der Waals surface area (Å²) in [6.45, 7) is 1.62. The Bertz CT molecular complexity index is 1470. The van der Waals surface area contributed by atoms with Crippen LogP contribution in [0.5, 0.6) is 5.88 Å². The van der Waals surface area contributed by atoms with Crippen molar-refractivity contribution in [3.63, 3.8) is 0 Å². The van der Waals surface area contributed by atoms with Gasteiger partial charge in [-0.15, -0.1) is 0 Å². The van der Waals surface area contributed by atoms with Crippen LogP contribution in [0.25, 0.3) is 22.4 Å². The highest BCUT2D eigenvalue weighted by molar-refractivity contribution is 5.88. The lowest BCUT2D eigenvalue weighted by Gasteiger charge is -2.26. The van der Waals surface area contributed by atoms with Crippen molar-refractivity contribution in [2.24, 2.45) is 17.6 Å². The number of aromatic amines is 1. The van der Waals surface area contributed by atoms with Crippen LogP contribution in [-0.2, 0) is 11.6 Å².